The molecule has 2 N–H and O–H groups in total. The Kier molecular flexibility index (Phi) is 4.53. The Labute approximate surface area is 113 Å². The number of hydrogen-bond acceptors (Lipinski definition) is 2. The highest BCUT2D eigenvalue weighted by molar-refractivity contribution is 5.30. The van der Waals surface area contributed by atoms with Gasteiger partial charge in [0, 0.05) is 17.7 Å². The van der Waals surface area contributed by atoms with Crippen molar-refractivity contribution in [3.05, 3.63) is 65.5 Å². The van der Waals surface area contributed by atoms with Gasteiger partial charge in [-0.05, 0) is 24.5 Å². The van der Waals surface area contributed by atoms with Gasteiger partial charge in [0.25, 0.3) is 0 Å². The molecule has 0 saturated carbocycles. The van der Waals surface area contributed by atoms with Crippen LogP contribution in [-0.4, -0.2) is 7.11 Å². The second kappa shape index (κ2) is 6.34. The number of halogens is 1. The molecule has 2 aromatic rings. The van der Waals surface area contributed by atoms with Crippen molar-refractivity contribution in [2.45, 2.75) is 18.9 Å². The van der Waals surface area contributed by atoms with Gasteiger partial charge in [-0.2, -0.15) is 0 Å². The third-order valence-corrected chi connectivity index (χ3v) is 3.19. The van der Waals surface area contributed by atoms with Crippen LogP contribution in [-0.2, 0) is 6.42 Å². The molecule has 0 aromatic heterocycles. The van der Waals surface area contributed by atoms with Crippen molar-refractivity contribution in [2.24, 2.45) is 5.73 Å². The first-order valence-electron chi connectivity index (χ1n) is 6.33. The number of rotatable bonds is 5. The lowest BCUT2D eigenvalue weighted by atomic mass is 9.99. The fourth-order valence-corrected chi connectivity index (χ4v) is 2.06. The van der Waals surface area contributed by atoms with Gasteiger partial charge < -0.3 is 10.5 Å². The highest BCUT2D eigenvalue weighted by Crippen LogP contribution is 2.23. The number of benzene rings is 2. The van der Waals surface area contributed by atoms with Gasteiger partial charge in [0.2, 0.25) is 0 Å². The predicted molar refractivity (Wildman–Crippen MR) is 74.6 cm³/mol. The maximum Gasteiger partial charge on any atom is 0.131 e. The number of ether oxygens (including phenoxy) is 1. The molecule has 0 fully saturated rings. The van der Waals surface area contributed by atoms with E-state index < -0.39 is 0 Å². The van der Waals surface area contributed by atoms with Gasteiger partial charge >= 0.3 is 0 Å². The smallest absolute Gasteiger partial charge is 0.131 e. The molecule has 3 heteroatoms. The zero-order valence-electron chi connectivity index (χ0n) is 11.0. The van der Waals surface area contributed by atoms with Gasteiger partial charge in [-0.15, -0.1) is 0 Å². The van der Waals surface area contributed by atoms with E-state index in [1.165, 1.54) is 18.7 Å². The van der Waals surface area contributed by atoms with Crippen LogP contribution in [0.4, 0.5) is 4.39 Å². The summed E-state index contributed by atoms with van der Waals surface area (Å²) in [5.41, 5.74) is 7.81. The molecule has 100 valence electrons. The third-order valence-electron chi connectivity index (χ3n) is 3.19. The van der Waals surface area contributed by atoms with E-state index in [9.17, 15) is 4.39 Å². The van der Waals surface area contributed by atoms with Crippen LogP contribution in [0.5, 0.6) is 5.75 Å². The van der Waals surface area contributed by atoms with Gasteiger partial charge in [0.05, 0.1) is 7.11 Å². The molecule has 0 aliphatic carbocycles. The Morgan fingerprint density at radius 3 is 2.53 bits per heavy atom. The predicted octanol–water partition coefficient (Wildman–Crippen LogP) is 3.47. The Balaban J connectivity index is 2.02. The van der Waals surface area contributed by atoms with Crippen LogP contribution >= 0.6 is 0 Å². The molecule has 0 aliphatic rings. The standard InChI is InChI=1S/C16H18FNO/c1-19-13-8-9-14(15(17)11-13)16(18)10-7-12-5-3-2-4-6-12/h2-6,8-9,11,16H,7,10,18H2,1H3. The minimum Gasteiger partial charge on any atom is -0.497 e. The summed E-state index contributed by atoms with van der Waals surface area (Å²) in [5.74, 6) is 0.205. The van der Waals surface area contributed by atoms with Gasteiger partial charge in [-0.25, -0.2) is 4.39 Å². The van der Waals surface area contributed by atoms with Gasteiger partial charge in [0.15, 0.2) is 0 Å². The summed E-state index contributed by atoms with van der Waals surface area (Å²) in [6, 6.07) is 14.6. The molecular formula is C16H18FNO. The zero-order valence-corrected chi connectivity index (χ0v) is 11.0. The van der Waals surface area contributed by atoms with E-state index in [1.54, 1.807) is 12.1 Å². The highest BCUT2D eigenvalue weighted by Gasteiger charge is 2.12. The average molecular weight is 259 g/mol. The first-order valence-corrected chi connectivity index (χ1v) is 6.33. The monoisotopic (exact) mass is 259 g/mol. The molecule has 19 heavy (non-hydrogen) atoms. The SMILES string of the molecule is COc1ccc(C(N)CCc2ccccc2)c(F)c1. The Bertz CT molecular complexity index is 528. The normalized spacial score (nSPS) is 12.2. The largest absolute Gasteiger partial charge is 0.497 e. The van der Waals surface area contributed by atoms with Crippen molar-refractivity contribution in [3.63, 3.8) is 0 Å². The van der Waals surface area contributed by atoms with Crippen LogP contribution in [0.3, 0.4) is 0 Å². The van der Waals surface area contributed by atoms with Crippen molar-refractivity contribution in [1.29, 1.82) is 0 Å². The van der Waals surface area contributed by atoms with Crippen molar-refractivity contribution >= 4 is 0 Å². The molecule has 0 spiro atoms. The number of nitrogens with two attached hydrogens (primary N) is 1. The maximum atomic E-state index is 13.9. The van der Waals surface area contributed by atoms with E-state index in [4.69, 9.17) is 10.5 Å². The fraction of sp³-hybridized carbons (Fsp3) is 0.250. The fourth-order valence-electron chi connectivity index (χ4n) is 2.06. The third kappa shape index (κ3) is 3.55. The zero-order chi connectivity index (χ0) is 13.7. The van der Waals surface area contributed by atoms with Crippen LogP contribution in [0.15, 0.2) is 48.5 Å². The molecule has 2 rings (SSSR count). The molecule has 0 radical (unpaired) electrons. The van der Waals surface area contributed by atoms with E-state index in [1.807, 2.05) is 18.2 Å². The van der Waals surface area contributed by atoms with Crippen LogP contribution in [0, 0.1) is 5.82 Å². The molecule has 0 aliphatic heterocycles. The molecule has 1 atom stereocenters. The van der Waals surface area contributed by atoms with Crippen LogP contribution < -0.4 is 10.5 Å². The minimum atomic E-state index is -0.306. The van der Waals surface area contributed by atoms with E-state index in [-0.39, 0.29) is 11.9 Å². The topological polar surface area (TPSA) is 35.2 Å². The lowest BCUT2D eigenvalue weighted by molar-refractivity contribution is 0.410. The Morgan fingerprint density at radius 1 is 1.16 bits per heavy atom. The maximum absolute atomic E-state index is 13.9. The van der Waals surface area contributed by atoms with Crippen molar-refractivity contribution in [3.8, 4) is 5.75 Å². The molecule has 1 unspecified atom stereocenters. The molecule has 0 saturated heterocycles. The van der Waals surface area contributed by atoms with E-state index in [2.05, 4.69) is 12.1 Å². The van der Waals surface area contributed by atoms with Crippen LogP contribution in [0.1, 0.15) is 23.6 Å². The molecule has 2 nitrogen and oxygen atoms in total. The molecule has 0 amide bonds. The van der Waals surface area contributed by atoms with Crippen LogP contribution in [0.2, 0.25) is 0 Å². The number of hydrogen-bond donors (Lipinski definition) is 1. The first-order chi connectivity index (χ1) is 9.20. The summed E-state index contributed by atoms with van der Waals surface area (Å²) >= 11 is 0. The van der Waals surface area contributed by atoms with E-state index >= 15 is 0 Å². The number of methoxy groups -OCH3 is 1. The second-order valence-corrected chi connectivity index (χ2v) is 4.52. The summed E-state index contributed by atoms with van der Waals surface area (Å²) in [6.07, 6.45) is 1.56. The highest BCUT2D eigenvalue weighted by atomic mass is 19.1. The van der Waals surface area contributed by atoms with Gasteiger partial charge in [0.1, 0.15) is 11.6 Å². The van der Waals surface area contributed by atoms with Gasteiger partial charge in [-0.1, -0.05) is 36.4 Å². The molecule has 0 bridgehead atoms. The summed E-state index contributed by atoms with van der Waals surface area (Å²) in [4.78, 5) is 0. The second-order valence-electron chi connectivity index (χ2n) is 4.52. The summed E-state index contributed by atoms with van der Waals surface area (Å²) in [7, 11) is 1.52. The van der Waals surface area contributed by atoms with Crippen LogP contribution in [0.25, 0.3) is 0 Å². The summed E-state index contributed by atoms with van der Waals surface area (Å²) < 4.78 is 18.8. The van der Waals surface area contributed by atoms with Crippen molar-refractivity contribution < 1.29 is 9.13 Å². The lowest BCUT2D eigenvalue weighted by Crippen LogP contribution is -2.13. The Hall–Kier alpha value is -1.87. The molecule has 2 aromatic carbocycles. The Morgan fingerprint density at radius 2 is 1.89 bits per heavy atom. The van der Waals surface area contributed by atoms with Crippen molar-refractivity contribution in [2.75, 3.05) is 7.11 Å². The lowest BCUT2D eigenvalue weighted by Gasteiger charge is -2.13. The molecule has 0 heterocycles. The summed E-state index contributed by atoms with van der Waals surface area (Å²) in [5, 5.41) is 0. The van der Waals surface area contributed by atoms with E-state index in [0.717, 1.165) is 6.42 Å². The molecular weight excluding hydrogens is 241 g/mol. The minimum absolute atomic E-state index is 0.300. The quantitative estimate of drug-likeness (QED) is 0.892. The van der Waals surface area contributed by atoms with Crippen molar-refractivity contribution in [1.82, 2.24) is 0 Å². The van der Waals surface area contributed by atoms with E-state index in [0.29, 0.717) is 17.7 Å². The first kappa shape index (κ1) is 13.6. The summed E-state index contributed by atoms with van der Waals surface area (Å²) in [6.45, 7) is 0. The average Bonchev–Trinajstić information content (AvgIpc) is 2.45. The number of aryl methyl sites for hydroxylation is 1. The van der Waals surface area contributed by atoms with Gasteiger partial charge in [-0.3, -0.25) is 0 Å².